The van der Waals surface area contributed by atoms with Gasteiger partial charge in [0.25, 0.3) is 0 Å². The maximum atomic E-state index is 4.98. The molecule has 0 N–H and O–H groups in total. The van der Waals surface area contributed by atoms with Gasteiger partial charge in [-0.3, -0.25) is 15.0 Å². The molecular formula is C42H31N5. The second-order valence-electron chi connectivity index (χ2n) is 12.6. The smallest absolute Gasteiger partial charge is 0.0963 e. The molecule has 0 radical (unpaired) electrons. The number of hydrogen-bond acceptors (Lipinski definition) is 4. The Balaban J connectivity index is 1.42. The third-order valence-corrected chi connectivity index (χ3v) is 9.53. The fourth-order valence-corrected chi connectivity index (χ4v) is 7.44. The van der Waals surface area contributed by atoms with Crippen LogP contribution in [0.3, 0.4) is 0 Å². The van der Waals surface area contributed by atoms with E-state index in [2.05, 4.69) is 136 Å². The van der Waals surface area contributed by atoms with Crippen molar-refractivity contribution in [1.82, 2.24) is 19.5 Å². The van der Waals surface area contributed by atoms with E-state index in [0.717, 1.165) is 55.6 Å². The Bertz CT molecular complexity index is 2370. The van der Waals surface area contributed by atoms with E-state index in [-0.39, 0.29) is 5.41 Å². The Kier molecular flexibility index (Phi) is 6.09. The highest BCUT2D eigenvalue weighted by atomic mass is 15.2. The molecule has 0 saturated heterocycles. The lowest BCUT2D eigenvalue weighted by Gasteiger charge is -2.42. The molecule has 5 nitrogen and oxygen atoms in total. The molecule has 0 bridgehead atoms. The number of pyridine rings is 3. The predicted octanol–water partition coefficient (Wildman–Crippen LogP) is 10.4. The topological polar surface area (TPSA) is 46.8 Å². The van der Waals surface area contributed by atoms with Crippen LogP contribution in [0.2, 0.25) is 0 Å². The summed E-state index contributed by atoms with van der Waals surface area (Å²) in [4.78, 5) is 16.3. The monoisotopic (exact) mass is 605 g/mol. The number of rotatable bonds is 4. The molecule has 224 valence electrons. The van der Waals surface area contributed by atoms with Gasteiger partial charge >= 0.3 is 0 Å². The number of benzene rings is 4. The van der Waals surface area contributed by atoms with Gasteiger partial charge in [0, 0.05) is 69.9 Å². The average Bonchev–Trinajstić information content (AvgIpc) is 3.47. The van der Waals surface area contributed by atoms with Gasteiger partial charge in [-0.25, -0.2) is 0 Å². The van der Waals surface area contributed by atoms with Crippen molar-refractivity contribution in [3.05, 3.63) is 163 Å². The third kappa shape index (κ3) is 4.20. The molecule has 1 aliphatic heterocycles. The van der Waals surface area contributed by atoms with Crippen molar-refractivity contribution in [2.75, 3.05) is 4.90 Å². The van der Waals surface area contributed by atoms with E-state index in [1.165, 1.54) is 22.5 Å². The van der Waals surface area contributed by atoms with E-state index in [4.69, 9.17) is 4.98 Å². The summed E-state index contributed by atoms with van der Waals surface area (Å²) in [7, 11) is 0. The van der Waals surface area contributed by atoms with Crippen LogP contribution in [0.5, 0.6) is 0 Å². The Morgan fingerprint density at radius 1 is 0.553 bits per heavy atom. The zero-order valence-electron chi connectivity index (χ0n) is 26.2. The summed E-state index contributed by atoms with van der Waals surface area (Å²) in [6.07, 6.45) is 9.39. The minimum Gasteiger partial charge on any atom is -0.310 e. The maximum Gasteiger partial charge on any atom is 0.0963 e. The van der Waals surface area contributed by atoms with E-state index in [9.17, 15) is 0 Å². The van der Waals surface area contributed by atoms with Crippen molar-refractivity contribution in [2.24, 2.45) is 0 Å². The van der Waals surface area contributed by atoms with Crippen LogP contribution >= 0.6 is 0 Å². The number of aromatic nitrogens is 4. The second kappa shape index (κ2) is 10.5. The van der Waals surface area contributed by atoms with E-state index >= 15 is 0 Å². The van der Waals surface area contributed by atoms with Crippen molar-refractivity contribution in [3.8, 4) is 27.9 Å². The number of hydrogen-bond donors (Lipinski definition) is 0. The first-order chi connectivity index (χ1) is 23.1. The van der Waals surface area contributed by atoms with Crippen LogP contribution in [0.1, 0.15) is 25.0 Å². The Hall–Kier alpha value is -6.07. The molecule has 4 aromatic heterocycles. The molecule has 1 aliphatic rings. The minimum atomic E-state index is -0.310. The standard InChI is InChI=1S/C42H31N5/c1-42(2)35-15-6-7-16-36(35)46(32-13-4-3-5-14-32)37-19-18-34-40-38(17-10-22-45-40)47(41(34)39(37)42)33-24-30(28-11-8-20-43-26-28)23-31(25-33)29-12-9-21-44-27-29/h3-27H,1-2H3. The first kappa shape index (κ1) is 27.3. The highest BCUT2D eigenvalue weighted by molar-refractivity contribution is 6.11. The lowest BCUT2D eigenvalue weighted by atomic mass is 9.72. The highest BCUT2D eigenvalue weighted by Gasteiger charge is 2.39. The fraction of sp³-hybridized carbons (Fsp3) is 0.0714. The van der Waals surface area contributed by atoms with Crippen molar-refractivity contribution in [2.45, 2.75) is 19.3 Å². The number of anilines is 3. The second-order valence-corrected chi connectivity index (χ2v) is 12.6. The van der Waals surface area contributed by atoms with E-state index in [0.29, 0.717) is 0 Å². The van der Waals surface area contributed by atoms with Crippen LogP contribution in [0, 0.1) is 0 Å². The van der Waals surface area contributed by atoms with E-state index < -0.39 is 0 Å². The summed E-state index contributed by atoms with van der Waals surface area (Å²) in [5.74, 6) is 0. The molecule has 0 unspecified atom stereocenters. The van der Waals surface area contributed by atoms with Crippen molar-refractivity contribution < 1.29 is 0 Å². The van der Waals surface area contributed by atoms with E-state index in [1.807, 2.05) is 49.2 Å². The van der Waals surface area contributed by atoms with Crippen LogP contribution in [-0.4, -0.2) is 19.5 Å². The van der Waals surface area contributed by atoms with Crippen LogP contribution in [0.4, 0.5) is 17.1 Å². The van der Waals surface area contributed by atoms with Crippen LogP contribution in [-0.2, 0) is 5.41 Å². The molecule has 0 amide bonds. The van der Waals surface area contributed by atoms with E-state index in [1.54, 1.807) is 0 Å². The van der Waals surface area contributed by atoms with Gasteiger partial charge in [0.05, 0.1) is 27.9 Å². The van der Waals surface area contributed by atoms with Gasteiger partial charge in [0.15, 0.2) is 0 Å². The summed E-state index contributed by atoms with van der Waals surface area (Å²) in [6.45, 7) is 4.71. The quantitative estimate of drug-likeness (QED) is 0.200. The Labute approximate surface area is 273 Å². The first-order valence-electron chi connectivity index (χ1n) is 15.9. The molecule has 0 saturated carbocycles. The zero-order chi connectivity index (χ0) is 31.5. The van der Waals surface area contributed by atoms with Gasteiger partial charge in [0.1, 0.15) is 0 Å². The summed E-state index contributed by atoms with van der Waals surface area (Å²) in [5, 5.41) is 1.13. The van der Waals surface area contributed by atoms with Crippen molar-refractivity contribution in [3.63, 3.8) is 0 Å². The molecule has 0 fully saturated rings. The van der Waals surface area contributed by atoms with Crippen LogP contribution < -0.4 is 4.90 Å². The first-order valence-corrected chi connectivity index (χ1v) is 15.9. The maximum absolute atomic E-state index is 4.98. The van der Waals surface area contributed by atoms with Gasteiger partial charge in [-0.15, -0.1) is 0 Å². The van der Waals surface area contributed by atoms with Gasteiger partial charge in [0.2, 0.25) is 0 Å². The summed E-state index contributed by atoms with van der Waals surface area (Å²) in [6, 6.07) is 43.3. The zero-order valence-corrected chi connectivity index (χ0v) is 26.2. The Morgan fingerprint density at radius 2 is 1.23 bits per heavy atom. The van der Waals surface area contributed by atoms with Gasteiger partial charge in [-0.05, 0) is 89.5 Å². The molecule has 9 rings (SSSR count). The minimum absolute atomic E-state index is 0.310. The normalized spacial score (nSPS) is 13.4. The summed E-state index contributed by atoms with van der Waals surface area (Å²) >= 11 is 0. The predicted molar refractivity (Wildman–Crippen MR) is 192 cm³/mol. The lowest BCUT2D eigenvalue weighted by Crippen LogP contribution is -2.31. The highest BCUT2D eigenvalue weighted by Crippen LogP contribution is 2.55. The molecule has 0 spiro atoms. The largest absolute Gasteiger partial charge is 0.310 e. The molecule has 5 heterocycles. The van der Waals surface area contributed by atoms with Crippen molar-refractivity contribution in [1.29, 1.82) is 0 Å². The number of nitrogens with zero attached hydrogens (tertiary/aromatic N) is 5. The lowest BCUT2D eigenvalue weighted by molar-refractivity contribution is 0.636. The molecule has 47 heavy (non-hydrogen) atoms. The number of fused-ring (bicyclic) bond motifs is 6. The third-order valence-electron chi connectivity index (χ3n) is 9.53. The van der Waals surface area contributed by atoms with Crippen LogP contribution in [0.15, 0.2) is 152 Å². The van der Waals surface area contributed by atoms with Gasteiger partial charge < -0.3 is 9.47 Å². The van der Waals surface area contributed by atoms with Gasteiger partial charge in [-0.1, -0.05) is 62.4 Å². The number of para-hydroxylation sites is 2. The molecule has 4 aromatic carbocycles. The molecular weight excluding hydrogens is 574 g/mol. The molecule has 0 aliphatic carbocycles. The summed E-state index contributed by atoms with van der Waals surface area (Å²) in [5.41, 5.74) is 14.3. The van der Waals surface area contributed by atoms with Crippen LogP contribution in [0.25, 0.3) is 49.9 Å². The van der Waals surface area contributed by atoms with Gasteiger partial charge in [-0.2, -0.15) is 0 Å². The molecule has 5 heteroatoms. The van der Waals surface area contributed by atoms with Crippen molar-refractivity contribution >= 4 is 39.0 Å². The average molecular weight is 606 g/mol. The molecule has 0 atom stereocenters. The summed E-state index contributed by atoms with van der Waals surface area (Å²) < 4.78 is 2.43. The fourth-order valence-electron chi connectivity index (χ4n) is 7.44. The SMILES string of the molecule is CC1(C)c2ccccc2N(c2ccccc2)c2ccc3c4ncccc4n(-c4cc(-c5cccnc5)cc(-c5cccnc5)c4)c3c21. The Morgan fingerprint density at radius 3 is 1.94 bits per heavy atom. The molecule has 8 aromatic rings.